The van der Waals surface area contributed by atoms with Crippen LogP contribution in [0.1, 0.15) is 50.2 Å². The van der Waals surface area contributed by atoms with Crippen molar-refractivity contribution in [1.82, 2.24) is 5.32 Å². The van der Waals surface area contributed by atoms with Gasteiger partial charge >= 0.3 is 0 Å². The van der Waals surface area contributed by atoms with E-state index >= 15 is 0 Å². The predicted octanol–water partition coefficient (Wildman–Crippen LogP) is 4.60. The third-order valence-corrected chi connectivity index (χ3v) is 5.26. The molecule has 1 aromatic rings. The molecule has 0 aromatic heterocycles. The summed E-state index contributed by atoms with van der Waals surface area (Å²) in [6.07, 6.45) is 5.70. The molecule has 1 saturated carbocycles. The van der Waals surface area contributed by atoms with Gasteiger partial charge in [0.1, 0.15) is 5.54 Å². The molecule has 114 valence electrons. The highest BCUT2D eigenvalue weighted by molar-refractivity contribution is 7.99. The van der Waals surface area contributed by atoms with E-state index in [1.54, 1.807) is 0 Å². The van der Waals surface area contributed by atoms with E-state index in [9.17, 15) is 5.26 Å². The highest BCUT2D eigenvalue weighted by atomic mass is 32.2. The molecule has 0 radical (unpaired) electrons. The maximum absolute atomic E-state index is 9.35. The van der Waals surface area contributed by atoms with Gasteiger partial charge in [-0.05, 0) is 70.3 Å². The van der Waals surface area contributed by atoms with Crippen molar-refractivity contribution in [3.63, 3.8) is 0 Å². The number of hydrogen-bond acceptors (Lipinski definition) is 3. The van der Waals surface area contributed by atoms with Crippen LogP contribution < -0.4 is 5.32 Å². The number of nitrogens with zero attached hydrogens (tertiary/aromatic N) is 1. The second kappa shape index (κ2) is 7.33. The van der Waals surface area contributed by atoms with Gasteiger partial charge in [-0.1, -0.05) is 17.7 Å². The summed E-state index contributed by atoms with van der Waals surface area (Å²) in [5.41, 5.74) is 2.36. The Morgan fingerprint density at radius 3 is 2.76 bits per heavy atom. The van der Waals surface area contributed by atoms with Gasteiger partial charge in [0.2, 0.25) is 0 Å². The van der Waals surface area contributed by atoms with Gasteiger partial charge in [0.05, 0.1) is 6.07 Å². The number of nitriles is 1. The summed E-state index contributed by atoms with van der Waals surface area (Å²) in [5.74, 6) is 1.13. The Bertz CT molecular complexity index is 516. The molecule has 1 aliphatic carbocycles. The fourth-order valence-corrected chi connectivity index (χ4v) is 3.60. The molecule has 0 heterocycles. The minimum absolute atomic E-state index is 0.328. The van der Waals surface area contributed by atoms with E-state index in [1.807, 2.05) is 18.7 Å². The molecule has 1 atom stereocenters. The van der Waals surface area contributed by atoms with Crippen molar-refractivity contribution < 1.29 is 0 Å². The predicted molar refractivity (Wildman–Crippen MR) is 90.7 cm³/mol. The van der Waals surface area contributed by atoms with E-state index in [0.29, 0.717) is 6.04 Å². The van der Waals surface area contributed by atoms with Gasteiger partial charge in [-0.15, -0.1) is 11.8 Å². The number of rotatable bonds is 8. The van der Waals surface area contributed by atoms with Crippen LogP contribution in [-0.2, 0) is 0 Å². The van der Waals surface area contributed by atoms with Crippen LogP contribution in [-0.4, -0.2) is 17.3 Å². The Morgan fingerprint density at radius 1 is 1.33 bits per heavy atom. The SMILES string of the molecule is Cc1ccc(C)c(SCCCCC(C)(C#N)NC2CC2)c1. The van der Waals surface area contributed by atoms with E-state index < -0.39 is 0 Å². The lowest BCUT2D eigenvalue weighted by Crippen LogP contribution is -2.42. The molecular weight excluding hydrogens is 276 g/mol. The van der Waals surface area contributed by atoms with Crippen LogP contribution in [0.3, 0.4) is 0 Å². The summed E-state index contributed by atoms with van der Waals surface area (Å²) in [5, 5.41) is 12.8. The zero-order valence-corrected chi connectivity index (χ0v) is 14.2. The molecule has 0 spiro atoms. The van der Waals surface area contributed by atoms with Crippen LogP contribution in [0, 0.1) is 25.2 Å². The fraction of sp³-hybridized carbons (Fsp3) is 0.611. The third-order valence-electron chi connectivity index (χ3n) is 4.02. The Hall–Kier alpha value is -0.980. The lowest BCUT2D eigenvalue weighted by atomic mass is 9.96. The van der Waals surface area contributed by atoms with Crippen LogP contribution >= 0.6 is 11.8 Å². The van der Waals surface area contributed by atoms with Crippen molar-refractivity contribution in [1.29, 1.82) is 5.26 Å². The fourth-order valence-electron chi connectivity index (χ4n) is 2.46. The number of benzene rings is 1. The van der Waals surface area contributed by atoms with Crippen LogP contribution in [0.5, 0.6) is 0 Å². The zero-order chi connectivity index (χ0) is 15.3. The van der Waals surface area contributed by atoms with Gasteiger partial charge in [0.25, 0.3) is 0 Å². The number of hydrogen-bond donors (Lipinski definition) is 1. The monoisotopic (exact) mass is 302 g/mol. The normalized spacial score (nSPS) is 17.2. The summed E-state index contributed by atoms with van der Waals surface area (Å²) < 4.78 is 0. The summed E-state index contributed by atoms with van der Waals surface area (Å²) in [6, 6.07) is 9.69. The third kappa shape index (κ3) is 5.37. The van der Waals surface area contributed by atoms with E-state index in [4.69, 9.17) is 0 Å². The molecule has 0 aliphatic heterocycles. The molecule has 0 saturated heterocycles. The molecule has 0 bridgehead atoms. The molecule has 3 heteroatoms. The number of nitrogens with one attached hydrogen (secondary N) is 1. The van der Waals surface area contributed by atoms with E-state index in [1.165, 1.54) is 35.3 Å². The van der Waals surface area contributed by atoms with Gasteiger partial charge in [0.15, 0.2) is 0 Å². The highest BCUT2D eigenvalue weighted by Gasteiger charge is 2.31. The summed E-state index contributed by atoms with van der Waals surface area (Å²) in [4.78, 5) is 1.40. The summed E-state index contributed by atoms with van der Waals surface area (Å²) in [7, 11) is 0. The maximum Gasteiger partial charge on any atom is 0.104 e. The Balaban J connectivity index is 1.69. The minimum Gasteiger partial charge on any atom is -0.297 e. The smallest absolute Gasteiger partial charge is 0.104 e. The zero-order valence-electron chi connectivity index (χ0n) is 13.4. The first-order chi connectivity index (χ1) is 10.0. The first-order valence-corrected chi connectivity index (χ1v) is 8.90. The molecular formula is C18H26N2S. The van der Waals surface area contributed by atoms with E-state index in [-0.39, 0.29) is 5.54 Å². The number of aryl methyl sites for hydroxylation is 2. The molecule has 1 aromatic carbocycles. The van der Waals surface area contributed by atoms with E-state index in [0.717, 1.165) is 18.6 Å². The molecule has 1 N–H and O–H groups in total. The average molecular weight is 302 g/mol. The molecule has 0 amide bonds. The second-order valence-electron chi connectivity index (χ2n) is 6.44. The average Bonchev–Trinajstić information content (AvgIpc) is 3.26. The topological polar surface area (TPSA) is 35.8 Å². The van der Waals surface area contributed by atoms with Crippen LogP contribution in [0.15, 0.2) is 23.1 Å². The highest BCUT2D eigenvalue weighted by Crippen LogP contribution is 2.27. The molecule has 21 heavy (non-hydrogen) atoms. The lowest BCUT2D eigenvalue weighted by molar-refractivity contribution is 0.402. The maximum atomic E-state index is 9.35. The van der Waals surface area contributed by atoms with Crippen molar-refractivity contribution in [2.45, 2.75) is 69.4 Å². The molecule has 1 fully saturated rings. The standard InChI is InChI=1S/C18H26N2S/c1-14-6-7-15(2)17(12-14)21-11-5-4-10-18(3,13-19)20-16-8-9-16/h6-7,12,16,20H,4-5,8-11H2,1-3H3. The van der Waals surface area contributed by atoms with Gasteiger partial charge < -0.3 is 0 Å². The first kappa shape index (κ1) is 16.4. The molecule has 1 unspecified atom stereocenters. The van der Waals surface area contributed by atoms with Crippen LogP contribution in [0.4, 0.5) is 0 Å². The summed E-state index contributed by atoms with van der Waals surface area (Å²) in [6.45, 7) is 6.36. The number of thioether (sulfide) groups is 1. The van der Waals surface area contributed by atoms with Crippen LogP contribution in [0.2, 0.25) is 0 Å². The van der Waals surface area contributed by atoms with Crippen molar-refractivity contribution in [3.05, 3.63) is 29.3 Å². The second-order valence-corrected chi connectivity index (χ2v) is 7.57. The molecule has 2 nitrogen and oxygen atoms in total. The first-order valence-electron chi connectivity index (χ1n) is 7.91. The van der Waals surface area contributed by atoms with Crippen molar-refractivity contribution in [2.75, 3.05) is 5.75 Å². The summed E-state index contributed by atoms with van der Waals surface area (Å²) >= 11 is 1.94. The Labute approximate surface area is 133 Å². The Kier molecular flexibility index (Phi) is 5.72. The Morgan fingerprint density at radius 2 is 2.10 bits per heavy atom. The lowest BCUT2D eigenvalue weighted by Gasteiger charge is -2.23. The van der Waals surface area contributed by atoms with Gasteiger partial charge in [-0.3, -0.25) is 5.32 Å². The number of unbranched alkanes of at least 4 members (excludes halogenated alkanes) is 1. The van der Waals surface area contributed by atoms with Crippen molar-refractivity contribution in [3.8, 4) is 6.07 Å². The largest absolute Gasteiger partial charge is 0.297 e. The van der Waals surface area contributed by atoms with Gasteiger partial charge in [-0.25, -0.2) is 0 Å². The quantitative estimate of drug-likeness (QED) is 0.563. The van der Waals surface area contributed by atoms with E-state index in [2.05, 4.69) is 43.4 Å². The van der Waals surface area contributed by atoms with Gasteiger partial charge in [0, 0.05) is 10.9 Å². The minimum atomic E-state index is -0.328. The van der Waals surface area contributed by atoms with Gasteiger partial charge in [-0.2, -0.15) is 5.26 Å². The molecule has 2 rings (SSSR count). The van der Waals surface area contributed by atoms with Crippen molar-refractivity contribution in [2.24, 2.45) is 0 Å². The molecule has 1 aliphatic rings. The van der Waals surface area contributed by atoms with Crippen molar-refractivity contribution >= 4 is 11.8 Å². The van der Waals surface area contributed by atoms with Crippen LogP contribution in [0.25, 0.3) is 0 Å².